The summed E-state index contributed by atoms with van der Waals surface area (Å²) in [5, 5.41) is 2.90. The van der Waals surface area contributed by atoms with Gasteiger partial charge in [-0.3, -0.25) is 19.6 Å². The Balaban J connectivity index is 1.43. The maximum Gasteiger partial charge on any atom is 0.274 e. The summed E-state index contributed by atoms with van der Waals surface area (Å²) in [7, 11) is 0. The second-order valence-corrected chi connectivity index (χ2v) is 9.14. The molecule has 5 heterocycles. The van der Waals surface area contributed by atoms with Gasteiger partial charge >= 0.3 is 0 Å². The molecule has 0 saturated heterocycles. The topological polar surface area (TPSA) is 107 Å². The number of ether oxygens (including phenoxy) is 2. The third kappa shape index (κ3) is 4.78. The summed E-state index contributed by atoms with van der Waals surface area (Å²) >= 11 is 0. The highest BCUT2D eigenvalue weighted by Gasteiger charge is 2.33. The van der Waals surface area contributed by atoms with Crippen LogP contribution in [0.1, 0.15) is 50.0 Å². The highest BCUT2D eigenvalue weighted by Crippen LogP contribution is 2.39. The largest absolute Gasteiger partial charge is 0.494 e. The Hall–Kier alpha value is -4.79. The number of nitrogens with zero attached hydrogens (tertiary/aromatic N) is 4. The average molecular weight is 508 g/mol. The van der Waals surface area contributed by atoms with Gasteiger partial charge < -0.3 is 19.7 Å². The molecule has 0 spiro atoms. The summed E-state index contributed by atoms with van der Waals surface area (Å²) in [4.78, 5) is 40.5. The predicted molar refractivity (Wildman–Crippen MR) is 138 cm³/mol. The maximum atomic E-state index is 13.6. The second-order valence-electron chi connectivity index (χ2n) is 9.14. The number of aromatic nitrogens is 3. The van der Waals surface area contributed by atoms with Crippen LogP contribution in [-0.2, 0) is 6.42 Å². The summed E-state index contributed by atoms with van der Waals surface area (Å²) in [6, 6.07) is 15.0. The van der Waals surface area contributed by atoms with Crippen molar-refractivity contribution >= 4 is 11.8 Å². The van der Waals surface area contributed by atoms with Gasteiger partial charge in [-0.25, -0.2) is 4.98 Å². The molecule has 9 heteroatoms. The molecular weight excluding hydrogens is 482 g/mol. The average Bonchev–Trinajstić information content (AvgIpc) is 2.96. The lowest BCUT2D eigenvalue weighted by molar-refractivity contribution is 0.0687. The summed E-state index contributed by atoms with van der Waals surface area (Å²) in [5.74, 6) is 1.41. The molecule has 38 heavy (non-hydrogen) atoms. The fraction of sp³-hybridized carbons (Fsp3) is 0.207. The molecule has 190 valence electrons. The van der Waals surface area contributed by atoms with Crippen LogP contribution in [0, 0.1) is 0 Å². The van der Waals surface area contributed by atoms with Crippen LogP contribution in [-0.4, -0.2) is 51.4 Å². The highest BCUT2D eigenvalue weighted by atomic mass is 16.5. The molecule has 1 unspecified atom stereocenters. The van der Waals surface area contributed by atoms with E-state index in [9.17, 15) is 9.59 Å². The molecule has 7 rings (SSSR count). The van der Waals surface area contributed by atoms with Crippen molar-refractivity contribution in [1.82, 2.24) is 25.2 Å². The molecule has 0 saturated carbocycles. The molecule has 3 aliphatic heterocycles. The fourth-order valence-electron chi connectivity index (χ4n) is 4.88. The molecule has 0 radical (unpaired) electrons. The number of nitrogens with one attached hydrogen (secondary N) is 1. The Morgan fingerprint density at radius 3 is 2.82 bits per heavy atom. The van der Waals surface area contributed by atoms with Crippen LogP contribution >= 0.6 is 0 Å². The lowest BCUT2D eigenvalue weighted by Crippen LogP contribution is -2.41. The minimum Gasteiger partial charge on any atom is -0.494 e. The van der Waals surface area contributed by atoms with Crippen LogP contribution in [0.15, 0.2) is 79.5 Å². The van der Waals surface area contributed by atoms with Crippen molar-refractivity contribution in [1.29, 1.82) is 0 Å². The minimum absolute atomic E-state index is 0.179. The first-order valence-electron chi connectivity index (χ1n) is 12.5. The predicted octanol–water partition coefficient (Wildman–Crippen LogP) is 3.96. The number of fused-ring (bicyclic) bond motifs is 6. The fourth-order valence-corrected chi connectivity index (χ4v) is 4.88. The van der Waals surface area contributed by atoms with Crippen LogP contribution in [0.4, 0.5) is 0 Å². The van der Waals surface area contributed by atoms with Crippen molar-refractivity contribution in [3.63, 3.8) is 0 Å². The molecule has 8 bridgehead atoms. The van der Waals surface area contributed by atoms with E-state index in [1.54, 1.807) is 18.5 Å². The van der Waals surface area contributed by atoms with Crippen molar-refractivity contribution in [3.05, 3.63) is 107 Å². The Labute approximate surface area is 219 Å². The van der Waals surface area contributed by atoms with Crippen molar-refractivity contribution < 1.29 is 19.1 Å². The van der Waals surface area contributed by atoms with Gasteiger partial charge in [0.05, 0.1) is 30.6 Å². The van der Waals surface area contributed by atoms with Gasteiger partial charge in [0.2, 0.25) is 0 Å². The first-order valence-corrected chi connectivity index (χ1v) is 12.5. The number of pyridine rings is 1. The lowest BCUT2D eigenvalue weighted by atomic mass is 9.87. The van der Waals surface area contributed by atoms with Gasteiger partial charge in [-0.05, 0) is 59.9 Å². The molecule has 4 aromatic rings. The molecule has 1 N–H and O–H groups in total. The number of carbonyl (C=O) groups excluding carboxylic acids is 2. The van der Waals surface area contributed by atoms with Gasteiger partial charge in [0.1, 0.15) is 22.9 Å². The van der Waals surface area contributed by atoms with Crippen LogP contribution < -0.4 is 14.8 Å². The zero-order valence-corrected chi connectivity index (χ0v) is 20.5. The van der Waals surface area contributed by atoms with Gasteiger partial charge in [0, 0.05) is 31.7 Å². The summed E-state index contributed by atoms with van der Waals surface area (Å²) in [6.45, 7) is 1.38. The Morgan fingerprint density at radius 1 is 0.974 bits per heavy atom. The molecule has 2 amide bonds. The van der Waals surface area contributed by atoms with E-state index < -0.39 is 0 Å². The van der Waals surface area contributed by atoms with Crippen molar-refractivity contribution in [2.75, 3.05) is 19.7 Å². The molecule has 2 aromatic heterocycles. The van der Waals surface area contributed by atoms with Gasteiger partial charge in [0.25, 0.3) is 11.8 Å². The van der Waals surface area contributed by atoms with Crippen molar-refractivity contribution in [3.8, 4) is 17.2 Å². The zero-order valence-electron chi connectivity index (χ0n) is 20.5. The van der Waals surface area contributed by atoms with E-state index in [0.717, 1.165) is 16.7 Å². The highest BCUT2D eigenvalue weighted by molar-refractivity contribution is 5.94. The third-order valence-electron chi connectivity index (χ3n) is 6.65. The number of amides is 2. The first-order chi connectivity index (χ1) is 18.7. The number of benzene rings is 2. The Bertz CT molecular complexity index is 1490. The maximum absolute atomic E-state index is 13.6. The van der Waals surface area contributed by atoms with Gasteiger partial charge in [-0.15, -0.1) is 0 Å². The van der Waals surface area contributed by atoms with Crippen molar-refractivity contribution in [2.45, 2.75) is 18.9 Å². The van der Waals surface area contributed by atoms with Gasteiger partial charge in [-0.2, -0.15) is 0 Å². The minimum atomic E-state index is -0.339. The van der Waals surface area contributed by atoms with Gasteiger partial charge in [-0.1, -0.05) is 18.2 Å². The van der Waals surface area contributed by atoms with E-state index >= 15 is 0 Å². The van der Waals surface area contributed by atoms with Gasteiger partial charge in [0.15, 0.2) is 0 Å². The van der Waals surface area contributed by atoms with E-state index in [4.69, 9.17) is 9.47 Å². The van der Waals surface area contributed by atoms with E-state index in [-0.39, 0.29) is 17.9 Å². The normalized spacial score (nSPS) is 16.9. The van der Waals surface area contributed by atoms with E-state index in [2.05, 4.69) is 20.3 Å². The van der Waals surface area contributed by atoms with Crippen LogP contribution in [0.3, 0.4) is 0 Å². The molecule has 0 aliphatic carbocycles. The SMILES string of the molecule is O=C1NCCCOc2cccc(c2)C2c3ccc(cc3CCN2C(=O)c2cnccn2)Oc2cncc1c2. The first kappa shape index (κ1) is 23.6. The lowest BCUT2D eigenvalue weighted by Gasteiger charge is -2.37. The molecule has 1 atom stereocenters. The molecule has 9 nitrogen and oxygen atoms in total. The molecule has 3 aliphatic rings. The summed E-state index contributed by atoms with van der Waals surface area (Å²) in [5.41, 5.74) is 3.74. The Kier molecular flexibility index (Phi) is 6.39. The number of rotatable bonds is 1. The molecular formula is C29H25N5O4. The van der Waals surface area contributed by atoms with Crippen LogP contribution in [0.5, 0.6) is 17.2 Å². The second kappa shape index (κ2) is 10.3. The van der Waals surface area contributed by atoms with Crippen LogP contribution in [0.25, 0.3) is 0 Å². The monoisotopic (exact) mass is 507 g/mol. The summed E-state index contributed by atoms with van der Waals surface area (Å²) < 4.78 is 12.1. The summed E-state index contributed by atoms with van der Waals surface area (Å²) in [6.07, 6.45) is 8.95. The van der Waals surface area contributed by atoms with Crippen molar-refractivity contribution in [2.24, 2.45) is 0 Å². The third-order valence-corrected chi connectivity index (χ3v) is 6.65. The Morgan fingerprint density at radius 2 is 1.92 bits per heavy atom. The number of hydrogen-bond donors (Lipinski definition) is 1. The standard InChI is InChI=1S/C29H25N5O4/c35-28-21-15-24(17-31-16-21)38-23-5-6-25-19(13-23)7-11-34(29(36)26-18-30-9-10-32-26)27(25)20-3-1-4-22(14-20)37-12-2-8-33-28/h1,3-6,9-10,13-18,27H,2,7-8,11-12H2,(H,33,35). The van der Waals surface area contributed by atoms with E-state index in [1.165, 1.54) is 18.6 Å². The molecule has 0 fully saturated rings. The smallest absolute Gasteiger partial charge is 0.274 e. The van der Waals surface area contributed by atoms with E-state index in [0.29, 0.717) is 61.0 Å². The van der Waals surface area contributed by atoms with Crippen LogP contribution in [0.2, 0.25) is 0 Å². The zero-order chi connectivity index (χ0) is 25.9. The number of carbonyl (C=O) groups is 2. The quantitative estimate of drug-likeness (QED) is 0.416. The molecule has 2 aromatic carbocycles. The number of hydrogen-bond acceptors (Lipinski definition) is 7. The van der Waals surface area contributed by atoms with E-state index in [1.807, 2.05) is 47.4 Å².